The molecule has 1 aliphatic heterocycles. The highest BCUT2D eigenvalue weighted by molar-refractivity contribution is 7.16. The fourth-order valence-corrected chi connectivity index (χ4v) is 3.19. The summed E-state index contributed by atoms with van der Waals surface area (Å²) in [5.41, 5.74) is -0.487. The molecule has 2 heterocycles. The van der Waals surface area contributed by atoms with Crippen molar-refractivity contribution in [3.63, 3.8) is 0 Å². The summed E-state index contributed by atoms with van der Waals surface area (Å²) in [4.78, 5) is 47.0. The average molecular weight is 320 g/mol. The molecule has 1 atom stereocenters. The minimum absolute atomic E-state index is 0.125. The van der Waals surface area contributed by atoms with Gasteiger partial charge in [-0.3, -0.25) is 29.1 Å². The fraction of sp³-hybridized carbons (Fsp3) is 0.333. The van der Waals surface area contributed by atoms with Crippen LogP contribution in [0.15, 0.2) is 33.9 Å². The van der Waals surface area contributed by atoms with Crippen molar-refractivity contribution in [1.82, 2.24) is 9.88 Å². The molecule has 2 aromatic rings. The maximum absolute atomic E-state index is 12.4. The number of carbonyl (C=O) groups excluding carboxylic acids is 2. The molecule has 0 radical (unpaired) electrons. The number of benzene rings is 1. The third kappa shape index (κ3) is 2.85. The van der Waals surface area contributed by atoms with Crippen LogP contribution in [0.4, 0.5) is 0 Å². The standard InChI is InChI=1S/C13H10N2O4S.C2H6/c16-10-6-5-8(11(17)14-10)15-12(18)7-3-1-2-4-9(7)20-13(15)19;1-2/h1-4,8H,5-6H2,(H,14,16,17);1-2H3. The Labute approximate surface area is 130 Å². The van der Waals surface area contributed by atoms with E-state index in [1.165, 1.54) is 0 Å². The van der Waals surface area contributed by atoms with Gasteiger partial charge in [-0.25, -0.2) is 0 Å². The molecule has 1 saturated heterocycles. The fourth-order valence-electron chi connectivity index (χ4n) is 2.29. The van der Waals surface area contributed by atoms with Gasteiger partial charge in [-0.2, -0.15) is 0 Å². The summed E-state index contributed by atoms with van der Waals surface area (Å²) < 4.78 is 1.54. The number of nitrogens with zero attached hydrogens (tertiary/aromatic N) is 1. The SMILES string of the molecule is CC.O=C1CCC(n2c(=O)sc3ccccc3c2=O)C(=O)N1. The summed E-state index contributed by atoms with van der Waals surface area (Å²) in [5.74, 6) is -0.973. The molecule has 1 fully saturated rings. The Hall–Kier alpha value is -2.28. The van der Waals surface area contributed by atoms with E-state index in [0.29, 0.717) is 10.1 Å². The molecule has 1 aromatic heterocycles. The van der Waals surface area contributed by atoms with Crippen molar-refractivity contribution in [3.05, 3.63) is 44.3 Å². The molecule has 1 N–H and O–H groups in total. The number of hydrogen-bond donors (Lipinski definition) is 1. The number of amides is 2. The van der Waals surface area contributed by atoms with Gasteiger partial charge in [0.2, 0.25) is 11.8 Å². The van der Waals surface area contributed by atoms with Crippen LogP contribution in [-0.2, 0) is 9.59 Å². The Morgan fingerprint density at radius 3 is 2.50 bits per heavy atom. The van der Waals surface area contributed by atoms with Gasteiger partial charge in [0.1, 0.15) is 6.04 Å². The van der Waals surface area contributed by atoms with Gasteiger partial charge in [0.05, 0.1) is 5.39 Å². The molecule has 116 valence electrons. The first-order chi connectivity index (χ1) is 10.6. The second kappa shape index (κ2) is 6.65. The number of nitrogens with one attached hydrogen (secondary N) is 1. The van der Waals surface area contributed by atoms with Gasteiger partial charge < -0.3 is 0 Å². The molecule has 0 saturated carbocycles. The summed E-state index contributed by atoms with van der Waals surface area (Å²) in [6.45, 7) is 4.00. The first-order valence-electron chi connectivity index (χ1n) is 7.06. The highest BCUT2D eigenvalue weighted by Gasteiger charge is 2.30. The quantitative estimate of drug-likeness (QED) is 0.805. The van der Waals surface area contributed by atoms with E-state index in [1.54, 1.807) is 24.3 Å². The zero-order valence-corrected chi connectivity index (χ0v) is 13.1. The van der Waals surface area contributed by atoms with Crippen LogP contribution in [-0.4, -0.2) is 16.4 Å². The largest absolute Gasteiger partial charge is 0.311 e. The molecule has 0 aliphatic carbocycles. The van der Waals surface area contributed by atoms with Gasteiger partial charge in [0.25, 0.3) is 5.56 Å². The molecule has 1 aliphatic rings. The lowest BCUT2D eigenvalue weighted by Crippen LogP contribution is -2.47. The summed E-state index contributed by atoms with van der Waals surface area (Å²) in [7, 11) is 0. The van der Waals surface area contributed by atoms with Gasteiger partial charge in [-0.05, 0) is 18.6 Å². The van der Waals surface area contributed by atoms with Crippen LogP contribution in [0.3, 0.4) is 0 Å². The monoisotopic (exact) mass is 320 g/mol. The maximum Gasteiger partial charge on any atom is 0.311 e. The number of rotatable bonds is 1. The van der Waals surface area contributed by atoms with Crippen molar-refractivity contribution < 1.29 is 9.59 Å². The normalized spacial score (nSPS) is 17.6. The Bertz CT molecular complexity index is 837. The Morgan fingerprint density at radius 2 is 1.82 bits per heavy atom. The Kier molecular flexibility index (Phi) is 4.87. The Balaban J connectivity index is 0.000000847. The van der Waals surface area contributed by atoms with Crippen LogP contribution in [0.25, 0.3) is 10.1 Å². The highest BCUT2D eigenvalue weighted by Crippen LogP contribution is 2.18. The second-order valence-corrected chi connectivity index (χ2v) is 5.50. The first kappa shape index (κ1) is 16.1. The minimum atomic E-state index is -0.909. The van der Waals surface area contributed by atoms with Gasteiger partial charge in [-0.15, -0.1) is 0 Å². The molecule has 0 spiro atoms. The van der Waals surface area contributed by atoms with Crippen LogP contribution in [0, 0.1) is 0 Å². The van der Waals surface area contributed by atoms with E-state index in [4.69, 9.17) is 0 Å². The topological polar surface area (TPSA) is 85.2 Å². The molecule has 1 unspecified atom stereocenters. The lowest BCUT2D eigenvalue weighted by atomic mass is 10.1. The molecule has 22 heavy (non-hydrogen) atoms. The number of piperidine rings is 1. The van der Waals surface area contributed by atoms with Gasteiger partial charge >= 0.3 is 4.87 Å². The molecule has 2 amide bonds. The third-order valence-electron chi connectivity index (χ3n) is 3.25. The van der Waals surface area contributed by atoms with E-state index >= 15 is 0 Å². The van der Waals surface area contributed by atoms with E-state index in [0.717, 1.165) is 15.9 Å². The Morgan fingerprint density at radius 1 is 1.14 bits per heavy atom. The zero-order valence-electron chi connectivity index (χ0n) is 12.3. The highest BCUT2D eigenvalue weighted by atomic mass is 32.1. The number of hydrogen-bond acceptors (Lipinski definition) is 5. The van der Waals surface area contributed by atoms with Gasteiger partial charge in [0.15, 0.2) is 0 Å². The molecule has 7 heteroatoms. The van der Waals surface area contributed by atoms with Crippen molar-refractivity contribution in [2.45, 2.75) is 32.7 Å². The van der Waals surface area contributed by atoms with Crippen LogP contribution in [0.1, 0.15) is 32.7 Å². The summed E-state index contributed by atoms with van der Waals surface area (Å²) in [6, 6.07) is 5.85. The van der Waals surface area contributed by atoms with Crippen molar-refractivity contribution in [1.29, 1.82) is 0 Å². The van der Waals surface area contributed by atoms with Crippen LogP contribution >= 0.6 is 11.3 Å². The zero-order chi connectivity index (χ0) is 16.3. The average Bonchev–Trinajstić information content (AvgIpc) is 2.51. The maximum atomic E-state index is 12.4. The second-order valence-electron chi connectivity index (χ2n) is 4.51. The minimum Gasteiger partial charge on any atom is -0.295 e. The van der Waals surface area contributed by atoms with E-state index in [-0.39, 0.29) is 18.7 Å². The number of carbonyl (C=O) groups is 2. The smallest absolute Gasteiger partial charge is 0.295 e. The number of imide groups is 1. The van der Waals surface area contributed by atoms with Gasteiger partial charge in [-0.1, -0.05) is 37.3 Å². The predicted octanol–water partition coefficient (Wildman–Crippen LogP) is 1.43. The summed E-state index contributed by atoms with van der Waals surface area (Å²) in [6.07, 6.45) is 0.296. The van der Waals surface area contributed by atoms with Gasteiger partial charge in [0, 0.05) is 11.1 Å². The van der Waals surface area contributed by atoms with Crippen molar-refractivity contribution in [3.8, 4) is 0 Å². The molecule has 6 nitrogen and oxygen atoms in total. The molecule has 0 bridgehead atoms. The summed E-state index contributed by atoms with van der Waals surface area (Å²) >= 11 is 0.921. The van der Waals surface area contributed by atoms with Crippen LogP contribution < -0.4 is 15.7 Å². The van der Waals surface area contributed by atoms with Crippen LogP contribution in [0.2, 0.25) is 0 Å². The molecule has 1 aromatic carbocycles. The van der Waals surface area contributed by atoms with E-state index in [2.05, 4.69) is 5.32 Å². The lowest BCUT2D eigenvalue weighted by Gasteiger charge is -2.21. The number of fused-ring (bicyclic) bond motifs is 1. The molecular weight excluding hydrogens is 304 g/mol. The third-order valence-corrected chi connectivity index (χ3v) is 4.20. The molecule has 3 rings (SSSR count). The van der Waals surface area contributed by atoms with E-state index in [9.17, 15) is 19.2 Å². The van der Waals surface area contributed by atoms with Crippen molar-refractivity contribution in [2.75, 3.05) is 0 Å². The predicted molar refractivity (Wildman–Crippen MR) is 85.1 cm³/mol. The van der Waals surface area contributed by atoms with Crippen molar-refractivity contribution >= 4 is 33.2 Å². The van der Waals surface area contributed by atoms with Crippen LogP contribution in [0.5, 0.6) is 0 Å². The van der Waals surface area contributed by atoms with E-state index in [1.807, 2.05) is 13.8 Å². The van der Waals surface area contributed by atoms with E-state index < -0.39 is 22.4 Å². The molecular formula is C15H16N2O4S. The first-order valence-corrected chi connectivity index (χ1v) is 7.87. The lowest BCUT2D eigenvalue weighted by molar-refractivity contribution is -0.135. The summed E-state index contributed by atoms with van der Waals surface area (Å²) in [5, 5.41) is 2.56. The van der Waals surface area contributed by atoms with Crippen molar-refractivity contribution in [2.24, 2.45) is 0 Å². The number of aromatic nitrogens is 1.